The van der Waals surface area contributed by atoms with Crippen LogP contribution in [0, 0.1) is 6.92 Å². The van der Waals surface area contributed by atoms with Crippen molar-refractivity contribution in [3.05, 3.63) is 23.8 Å². The van der Waals surface area contributed by atoms with Crippen LogP contribution in [0.3, 0.4) is 0 Å². The van der Waals surface area contributed by atoms with Crippen LogP contribution in [0.5, 0.6) is 0 Å². The van der Waals surface area contributed by atoms with Crippen LogP contribution in [0.15, 0.2) is 18.2 Å². The number of thioether (sulfide) groups is 1. The molecule has 6 heteroatoms. The summed E-state index contributed by atoms with van der Waals surface area (Å²) in [6.07, 6.45) is 0.592. The topological polar surface area (TPSA) is 64.6 Å². The van der Waals surface area contributed by atoms with Crippen molar-refractivity contribution >= 4 is 29.2 Å². The molecule has 0 aliphatic carbocycles. The highest BCUT2D eigenvalue weighted by atomic mass is 32.2. The summed E-state index contributed by atoms with van der Waals surface area (Å²) in [7, 11) is 0. The molecule has 1 saturated heterocycles. The number of amides is 2. The minimum atomic E-state index is -0.872. The van der Waals surface area contributed by atoms with Gasteiger partial charge < -0.3 is 20.6 Å². The smallest absolute Gasteiger partial charge is 0.319 e. The van der Waals surface area contributed by atoms with Crippen molar-refractivity contribution in [2.45, 2.75) is 32.8 Å². The Morgan fingerprint density at radius 1 is 1.39 bits per heavy atom. The van der Waals surface area contributed by atoms with Gasteiger partial charge in [0.1, 0.15) is 0 Å². The van der Waals surface area contributed by atoms with Gasteiger partial charge in [0.15, 0.2) is 0 Å². The number of carbonyl (C=O) groups is 1. The fourth-order valence-electron chi connectivity index (χ4n) is 2.46. The molecule has 3 N–H and O–H groups in total. The Bertz CT molecular complexity index is 543. The fraction of sp³-hybridized carbons (Fsp3) is 0.588. The summed E-state index contributed by atoms with van der Waals surface area (Å²) >= 11 is 1.99. The van der Waals surface area contributed by atoms with Crippen LogP contribution in [0.2, 0.25) is 0 Å². The molecule has 1 heterocycles. The van der Waals surface area contributed by atoms with Gasteiger partial charge in [0.2, 0.25) is 0 Å². The van der Waals surface area contributed by atoms with Crippen LogP contribution < -0.4 is 15.5 Å². The summed E-state index contributed by atoms with van der Waals surface area (Å²) in [5.74, 6) is 2.33. The Morgan fingerprint density at radius 3 is 2.70 bits per heavy atom. The lowest BCUT2D eigenvalue weighted by Crippen LogP contribution is -2.41. The molecule has 1 aromatic carbocycles. The molecule has 0 bridgehead atoms. The molecule has 1 unspecified atom stereocenters. The maximum Gasteiger partial charge on any atom is 0.319 e. The maximum atomic E-state index is 11.9. The Labute approximate surface area is 142 Å². The molecule has 1 atom stereocenters. The molecule has 1 aliphatic heterocycles. The van der Waals surface area contributed by atoms with E-state index in [0.29, 0.717) is 6.42 Å². The van der Waals surface area contributed by atoms with Gasteiger partial charge in [-0.05, 0) is 44.0 Å². The number of anilines is 2. The van der Waals surface area contributed by atoms with Gasteiger partial charge in [-0.1, -0.05) is 6.92 Å². The molecule has 1 aromatic rings. The highest BCUT2D eigenvalue weighted by Crippen LogP contribution is 2.26. The molecule has 0 aromatic heterocycles. The first-order valence-corrected chi connectivity index (χ1v) is 9.27. The molecule has 2 rings (SSSR count). The predicted octanol–water partition coefficient (Wildman–Crippen LogP) is 2.83. The molecule has 0 saturated carbocycles. The third-order valence-corrected chi connectivity index (χ3v) is 5.14. The SMILES string of the molecule is CCC(C)(O)CNC(=O)Nc1ccc(N2CCSCC2)c(C)c1. The minimum absolute atomic E-state index is 0.234. The van der Waals surface area contributed by atoms with E-state index < -0.39 is 5.60 Å². The average molecular weight is 337 g/mol. The van der Waals surface area contributed by atoms with Crippen molar-refractivity contribution in [2.75, 3.05) is 41.4 Å². The summed E-state index contributed by atoms with van der Waals surface area (Å²) in [5, 5.41) is 15.4. The zero-order chi connectivity index (χ0) is 16.9. The van der Waals surface area contributed by atoms with Crippen molar-refractivity contribution in [1.29, 1.82) is 0 Å². The lowest BCUT2D eigenvalue weighted by Gasteiger charge is -2.30. The molecule has 23 heavy (non-hydrogen) atoms. The molecule has 1 aliphatic rings. The van der Waals surface area contributed by atoms with Gasteiger partial charge >= 0.3 is 6.03 Å². The summed E-state index contributed by atoms with van der Waals surface area (Å²) in [6, 6.07) is 5.71. The lowest BCUT2D eigenvalue weighted by molar-refractivity contribution is 0.0587. The van der Waals surface area contributed by atoms with Crippen molar-refractivity contribution in [3.63, 3.8) is 0 Å². The van der Waals surface area contributed by atoms with E-state index in [9.17, 15) is 9.90 Å². The first-order valence-electron chi connectivity index (χ1n) is 8.12. The second kappa shape index (κ2) is 7.93. The number of hydrogen-bond donors (Lipinski definition) is 3. The van der Waals surface area contributed by atoms with Crippen LogP contribution in [0.25, 0.3) is 0 Å². The highest BCUT2D eigenvalue weighted by molar-refractivity contribution is 7.99. The van der Waals surface area contributed by atoms with Crippen LogP contribution in [0.1, 0.15) is 25.8 Å². The first-order chi connectivity index (χ1) is 10.9. The van der Waals surface area contributed by atoms with Gasteiger partial charge in [-0.25, -0.2) is 4.79 Å². The monoisotopic (exact) mass is 337 g/mol. The fourth-order valence-corrected chi connectivity index (χ4v) is 3.37. The summed E-state index contributed by atoms with van der Waals surface area (Å²) in [6.45, 7) is 8.06. The third-order valence-electron chi connectivity index (χ3n) is 4.20. The first kappa shape index (κ1) is 17.9. The Kier molecular flexibility index (Phi) is 6.18. The normalized spacial score (nSPS) is 17.5. The van der Waals surface area contributed by atoms with Crippen LogP contribution >= 0.6 is 11.8 Å². The number of aryl methyl sites for hydroxylation is 1. The van der Waals surface area contributed by atoms with E-state index in [1.54, 1.807) is 6.92 Å². The van der Waals surface area contributed by atoms with Crippen molar-refractivity contribution in [2.24, 2.45) is 0 Å². The van der Waals surface area contributed by atoms with Crippen molar-refractivity contribution in [1.82, 2.24) is 5.32 Å². The number of aliphatic hydroxyl groups is 1. The molecular weight excluding hydrogens is 310 g/mol. The number of nitrogens with zero attached hydrogens (tertiary/aromatic N) is 1. The number of benzene rings is 1. The van der Waals surface area contributed by atoms with Gasteiger partial charge in [0.05, 0.1) is 5.60 Å². The largest absolute Gasteiger partial charge is 0.388 e. The summed E-state index contributed by atoms with van der Waals surface area (Å²) in [5.41, 5.74) is 2.30. The Morgan fingerprint density at radius 2 is 2.09 bits per heavy atom. The quantitative estimate of drug-likeness (QED) is 0.773. The standard InChI is InChI=1S/C17H27N3O2S/c1-4-17(3,22)12-18-16(21)19-14-5-6-15(13(2)11-14)20-7-9-23-10-8-20/h5-6,11,22H,4,7-10,12H2,1-3H3,(H2,18,19,21). The van der Waals surface area contributed by atoms with Crippen molar-refractivity contribution < 1.29 is 9.90 Å². The van der Waals surface area contributed by atoms with Crippen LogP contribution in [0.4, 0.5) is 16.2 Å². The average Bonchev–Trinajstić information content (AvgIpc) is 2.54. The number of hydrogen-bond acceptors (Lipinski definition) is 4. The van der Waals surface area contributed by atoms with Crippen molar-refractivity contribution in [3.8, 4) is 0 Å². The summed E-state index contributed by atoms with van der Waals surface area (Å²) < 4.78 is 0. The molecule has 0 spiro atoms. The zero-order valence-electron chi connectivity index (χ0n) is 14.2. The Hall–Kier alpha value is -1.40. The summed E-state index contributed by atoms with van der Waals surface area (Å²) in [4.78, 5) is 14.3. The molecule has 1 fully saturated rings. The minimum Gasteiger partial charge on any atom is -0.388 e. The molecular formula is C17H27N3O2S. The van der Waals surface area contributed by atoms with E-state index >= 15 is 0 Å². The molecule has 0 radical (unpaired) electrons. The van der Waals surface area contributed by atoms with Gasteiger partial charge in [-0.2, -0.15) is 11.8 Å². The second-order valence-electron chi connectivity index (χ2n) is 6.26. The van der Waals surface area contributed by atoms with E-state index in [-0.39, 0.29) is 12.6 Å². The maximum absolute atomic E-state index is 11.9. The van der Waals surface area contributed by atoms with Gasteiger partial charge in [-0.15, -0.1) is 0 Å². The predicted molar refractivity (Wildman–Crippen MR) is 98.7 cm³/mol. The van der Waals surface area contributed by atoms with E-state index in [0.717, 1.165) is 24.3 Å². The third kappa shape index (κ3) is 5.32. The van der Waals surface area contributed by atoms with E-state index in [2.05, 4.69) is 28.5 Å². The van der Waals surface area contributed by atoms with E-state index in [4.69, 9.17) is 0 Å². The molecule has 2 amide bonds. The van der Waals surface area contributed by atoms with E-state index in [1.807, 2.05) is 30.8 Å². The number of rotatable bonds is 5. The van der Waals surface area contributed by atoms with Crippen LogP contribution in [-0.4, -0.2) is 47.9 Å². The lowest BCUT2D eigenvalue weighted by atomic mass is 10.0. The van der Waals surface area contributed by atoms with Crippen LogP contribution in [-0.2, 0) is 0 Å². The highest BCUT2D eigenvalue weighted by Gasteiger charge is 2.18. The molecule has 5 nitrogen and oxygen atoms in total. The van der Waals surface area contributed by atoms with Gasteiger partial charge in [0, 0.05) is 42.5 Å². The second-order valence-corrected chi connectivity index (χ2v) is 7.48. The van der Waals surface area contributed by atoms with Gasteiger partial charge in [0.25, 0.3) is 0 Å². The van der Waals surface area contributed by atoms with Gasteiger partial charge in [-0.3, -0.25) is 0 Å². The van der Waals surface area contributed by atoms with E-state index in [1.165, 1.54) is 17.2 Å². The number of nitrogens with one attached hydrogen (secondary N) is 2. The molecule has 128 valence electrons. The Balaban J connectivity index is 1.93. The zero-order valence-corrected chi connectivity index (χ0v) is 15.0. The number of carbonyl (C=O) groups excluding carboxylic acids is 1. The number of urea groups is 1.